The van der Waals surface area contributed by atoms with Crippen molar-refractivity contribution in [1.29, 1.82) is 0 Å². The van der Waals surface area contributed by atoms with Crippen molar-refractivity contribution in [1.82, 2.24) is 5.32 Å². The smallest absolute Gasteiger partial charge is 0.224 e. The zero-order valence-electron chi connectivity index (χ0n) is 14.7. The number of benzene rings is 2. The lowest BCUT2D eigenvalue weighted by molar-refractivity contribution is -0.121. The number of carbonyl (C=O) groups excluding carboxylic acids is 1. The van der Waals surface area contributed by atoms with Crippen LogP contribution in [0.4, 0.5) is 10.1 Å². The molecule has 1 aliphatic rings. The van der Waals surface area contributed by atoms with Crippen LogP contribution in [-0.4, -0.2) is 19.0 Å². The largest absolute Gasteiger partial charge is 0.372 e. The van der Waals surface area contributed by atoms with Gasteiger partial charge in [0, 0.05) is 18.8 Å². The highest BCUT2D eigenvalue weighted by molar-refractivity contribution is 5.79. The van der Waals surface area contributed by atoms with E-state index in [0.29, 0.717) is 0 Å². The molecule has 1 atom stereocenters. The quantitative estimate of drug-likeness (QED) is 0.883. The zero-order valence-corrected chi connectivity index (χ0v) is 14.7. The van der Waals surface area contributed by atoms with Crippen molar-refractivity contribution in [2.75, 3.05) is 18.0 Å². The van der Waals surface area contributed by atoms with Gasteiger partial charge in [-0.15, -0.1) is 0 Å². The van der Waals surface area contributed by atoms with Gasteiger partial charge in [0.2, 0.25) is 5.91 Å². The summed E-state index contributed by atoms with van der Waals surface area (Å²) < 4.78 is 12.9. The first-order chi connectivity index (χ1) is 12.1. The molecule has 2 aromatic rings. The van der Waals surface area contributed by atoms with Gasteiger partial charge in [-0.3, -0.25) is 4.79 Å². The van der Waals surface area contributed by atoms with Gasteiger partial charge >= 0.3 is 0 Å². The van der Waals surface area contributed by atoms with Gasteiger partial charge in [-0.05, 0) is 61.6 Å². The molecule has 0 aliphatic carbocycles. The highest BCUT2D eigenvalue weighted by atomic mass is 19.1. The third-order valence-corrected chi connectivity index (χ3v) is 4.77. The van der Waals surface area contributed by atoms with Crippen molar-refractivity contribution in [3.8, 4) is 0 Å². The molecule has 1 fully saturated rings. The molecule has 0 bridgehead atoms. The molecule has 1 N–H and O–H groups in total. The zero-order chi connectivity index (χ0) is 17.6. The van der Waals surface area contributed by atoms with Crippen molar-refractivity contribution in [2.45, 2.75) is 38.6 Å². The number of rotatable bonds is 5. The molecule has 0 aromatic heterocycles. The Morgan fingerprint density at radius 1 is 1.04 bits per heavy atom. The van der Waals surface area contributed by atoms with E-state index in [4.69, 9.17) is 0 Å². The van der Waals surface area contributed by atoms with Crippen molar-refractivity contribution < 1.29 is 9.18 Å². The first-order valence-corrected chi connectivity index (χ1v) is 9.00. The van der Waals surface area contributed by atoms with E-state index in [1.54, 1.807) is 12.1 Å². The van der Waals surface area contributed by atoms with Crippen LogP contribution in [0.2, 0.25) is 0 Å². The van der Waals surface area contributed by atoms with Crippen LogP contribution < -0.4 is 10.2 Å². The summed E-state index contributed by atoms with van der Waals surface area (Å²) in [6.07, 6.45) is 4.11. The maximum atomic E-state index is 12.9. The highest BCUT2D eigenvalue weighted by Gasteiger charge is 2.13. The molecule has 1 saturated heterocycles. The van der Waals surface area contributed by atoms with Gasteiger partial charge in [0.1, 0.15) is 5.82 Å². The third kappa shape index (κ3) is 4.81. The number of amides is 1. The first kappa shape index (κ1) is 17.5. The number of anilines is 1. The monoisotopic (exact) mass is 340 g/mol. The van der Waals surface area contributed by atoms with E-state index in [9.17, 15) is 9.18 Å². The lowest BCUT2D eigenvalue weighted by Crippen LogP contribution is -2.30. The van der Waals surface area contributed by atoms with Crippen LogP contribution in [0, 0.1) is 5.82 Å². The minimum atomic E-state index is -0.286. The Labute approximate surface area is 148 Å². The second kappa shape index (κ2) is 8.15. The van der Waals surface area contributed by atoms with Gasteiger partial charge in [-0.25, -0.2) is 4.39 Å². The van der Waals surface area contributed by atoms with Crippen LogP contribution >= 0.6 is 0 Å². The Morgan fingerprint density at radius 2 is 1.68 bits per heavy atom. The fourth-order valence-corrected chi connectivity index (χ4v) is 3.29. The van der Waals surface area contributed by atoms with Crippen molar-refractivity contribution in [2.24, 2.45) is 0 Å². The number of carbonyl (C=O) groups is 1. The molecule has 0 saturated carbocycles. The minimum absolute atomic E-state index is 0.0524. The van der Waals surface area contributed by atoms with E-state index in [-0.39, 0.29) is 24.2 Å². The van der Waals surface area contributed by atoms with E-state index in [1.165, 1.54) is 37.1 Å². The molecule has 2 aromatic carbocycles. The molecule has 3 rings (SSSR count). The molecule has 4 heteroatoms. The number of piperidine rings is 1. The molecule has 0 radical (unpaired) electrons. The number of nitrogens with one attached hydrogen (secondary N) is 1. The minimum Gasteiger partial charge on any atom is -0.372 e. The second-order valence-corrected chi connectivity index (χ2v) is 6.73. The van der Waals surface area contributed by atoms with Gasteiger partial charge in [0.15, 0.2) is 0 Å². The van der Waals surface area contributed by atoms with Crippen LogP contribution in [0.5, 0.6) is 0 Å². The lowest BCUT2D eigenvalue weighted by Gasteiger charge is -2.29. The second-order valence-electron chi connectivity index (χ2n) is 6.73. The summed E-state index contributed by atoms with van der Waals surface area (Å²) in [5.74, 6) is -0.342. The SMILES string of the molecule is C[C@@H](NC(=O)Cc1ccc(F)cc1)c1ccc(N2CCCCC2)cc1. The summed E-state index contributed by atoms with van der Waals surface area (Å²) >= 11 is 0. The first-order valence-electron chi connectivity index (χ1n) is 9.00. The van der Waals surface area contributed by atoms with Crippen LogP contribution in [0.3, 0.4) is 0 Å². The van der Waals surface area contributed by atoms with E-state index in [0.717, 1.165) is 24.2 Å². The normalized spacial score (nSPS) is 15.7. The van der Waals surface area contributed by atoms with Crippen molar-refractivity contribution in [3.63, 3.8) is 0 Å². The van der Waals surface area contributed by atoms with E-state index < -0.39 is 0 Å². The molecule has 0 spiro atoms. The lowest BCUT2D eigenvalue weighted by atomic mass is 10.1. The summed E-state index contributed by atoms with van der Waals surface area (Å²) in [6, 6.07) is 14.5. The Morgan fingerprint density at radius 3 is 2.32 bits per heavy atom. The Bertz CT molecular complexity index is 691. The molecule has 132 valence electrons. The van der Waals surface area contributed by atoms with Gasteiger partial charge in [-0.2, -0.15) is 0 Å². The molecule has 25 heavy (non-hydrogen) atoms. The highest BCUT2D eigenvalue weighted by Crippen LogP contribution is 2.22. The fourth-order valence-electron chi connectivity index (χ4n) is 3.29. The third-order valence-electron chi connectivity index (χ3n) is 4.77. The number of nitrogens with zero attached hydrogens (tertiary/aromatic N) is 1. The summed E-state index contributed by atoms with van der Waals surface area (Å²) in [4.78, 5) is 14.6. The topological polar surface area (TPSA) is 32.3 Å². The van der Waals surface area contributed by atoms with E-state index >= 15 is 0 Å². The number of hydrogen-bond donors (Lipinski definition) is 1. The van der Waals surface area contributed by atoms with Crippen LogP contribution in [-0.2, 0) is 11.2 Å². The molecule has 1 heterocycles. The summed E-state index contributed by atoms with van der Waals surface area (Å²) in [5, 5.41) is 3.01. The Kier molecular flexibility index (Phi) is 5.69. The van der Waals surface area contributed by atoms with Crippen LogP contribution in [0.15, 0.2) is 48.5 Å². The Balaban J connectivity index is 1.55. The molecular weight excluding hydrogens is 315 g/mol. The van der Waals surface area contributed by atoms with Crippen LogP contribution in [0.1, 0.15) is 43.4 Å². The average Bonchev–Trinajstić information content (AvgIpc) is 2.64. The molecule has 1 amide bonds. The molecule has 0 unspecified atom stereocenters. The van der Waals surface area contributed by atoms with Crippen molar-refractivity contribution in [3.05, 3.63) is 65.5 Å². The Hall–Kier alpha value is -2.36. The summed E-state index contributed by atoms with van der Waals surface area (Å²) in [7, 11) is 0. The van der Waals surface area contributed by atoms with Gasteiger partial charge in [0.25, 0.3) is 0 Å². The number of hydrogen-bond acceptors (Lipinski definition) is 2. The van der Waals surface area contributed by atoms with E-state index in [1.807, 2.05) is 6.92 Å². The van der Waals surface area contributed by atoms with Crippen molar-refractivity contribution >= 4 is 11.6 Å². The standard InChI is InChI=1S/C21H25FN2O/c1-16(23-21(25)15-17-5-9-19(22)10-6-17)18-7-11-20(12-8-18)24-13-3-2-4-14-24/h5-12,16H,2-4,13-15H2,1H3,(H,23,25)/t16-/m1/s1. The van der Waals surface area contributed by atoms with E-state index in [2.05, 4.69) is 34.5 Å². The summed E-state index contributed by atoms with van der Waals surface area (Å²) in [5.41, 5.74) is 3.16. The molecular formula is C21H25FN2O. The van der Waals surface area contributed by atoms with Gasteiger partial charge in [0.05, 0.1) is 12.5 Å². The predicted molar refractivity (Wildman–Crippen MR) is 99.2 cm³/mol. The van der Waals surface area contributed by atoms with Gasteiger partial charge < -0.3 is 10.2 Å². The summed E-state index contributed by atoms with van der Waals surface area (Å²) in [6.45, 7) is 4.24. The maximum Gasteiger partial charge on any atom is 0.224 e. The number of halogens is 1. The fraction of sp³-hybridized carbons (Fsp3) is 0.381. The molecule has 1 aliphatic heterocycles. The average molecular weight is 340 g/mol. The van der Waals surface area contributed by atoms with Gasteiger partial charge in [-0.1, -0.05) is 24.3 Å². The predicted octanol–water partition coefficient (Wildman–Crippen LogP) is 4.24. The maximum absolute atomic E-state index is 12.9. The van der Waals surface area contributed by atoms with Crippen LogP contribution in [0.25, 0.3) is 0 Å². The molecule has 3 nitrogen and oxygen atoms in total.